The summed E-state index contributed by atoms with van der Waals surface area (Å²) in [6.45, 7) is 0. The summed E-state index contributed by atoms with van der Waals surface area (Å²) in [6, 6.07) is 0.796. The molecular formula is C18H19F6NO2. The molecule has 1 aromatic rings. The number of nitrogens with zero attached hydrogens (tertiary/aromatic N) is 1. The van der Waals surface area contributed by atoms with Crippen LogP contribution in [-0.4, -0.2) is 35.1 Å². The van der Waals surface area contributed by atoms with Crippen molar-refractivity contribution in [2.45, 2.75) is 50.2 Å². The molecule has 0 spiro atoms. The first-order chi connectivity index (χ1) is 12.4. The quantitative estimate of drug-likeness (QED) is 0.757. The first-order valence-corrected chi connectivity index (χ1v) is 8.61. The topological polar surface area (TPSA) is 40.5 Å². The molecule has 2 aliphatic rings. The Morgan fingerprint density at radius 2 is 1.56 bits per heavy atom. The Labute approximate surface area is 152 Å². The van der Waals surface area contributed by atoms with Crippen molar-refractivity contribution in [2.24, 2.45) is 11.8 Å². The van der Waals surface area contributed by atoms with Crippen LogP contribution in [0.4, 0.5) is 26.3 Å². The lowest BCUT2D eigenvalue weighted by atomic mass is 10.0. The van der Waals surface area contributed by atoms with Gasteiger partial charge in [-0.25, -0.2) is 0 Å². The highest BCUT2D eigenvalue weighted by atomic mass is 19.4. The van der Waals surface area contributed by atoms with Crippen LogP contribution in [0.2, 0.25) is 0 Å². The molecule has 27 heavy (non-hydrogen) atoms. The van der Waals surface area contributed by atoms with Crippen molar-refractivity contribution in [3.8, 4) is 0 Å². The maximum atomic E-state index is 13.3. The van der Waals surface area contributed by atoms with Crippen LogP contribution >= 0.6 is 0 Å². The number of aliphatic hydroxyl groups is 1. The molecule has 4 atom stereocenters. The van der Waals surface area contributed by atoms with E-state index >= 15 is 0 Å². The number of hydrogen-bond acceptors (Lipinski definition) is 2. The van der Waals surface area contributed by atoms with Gasteiger partial charge in [0.1, 0.15) is 0 Å². The Bertz CT molecular complexity index is 716. The minimum atomic E-state index is -5.08. The molecule has 2 aliphatic carbocycles. The largest absolute Gasteiger partial charge is 0.417 e. The van der Waals surface area contributed by atoms with Gasteiger partial charge in [0.05, 0.1) is 22.8 Å². The van der Waals surface area contributed by atoms with Crippen molar-refractivity contribution in [1.29, 1.82) is 0 Å². The summed E-state index contributed by atoms with van der Waals surface area (Å²) in [6.07, 6.45) is -8.03. The average Bonchev–Trinajstić information content (AvgIpc) is 3.08. The van der Waals surface area contributed by atoms with Crippen molar-refractivity contribution in [2.75, 3.05) is 7.05 Å². The van der Waals surface area contributed by atoms with Crippen molar-refractivity contribution < 1.29 is 36.2 Å². The van der Waals surface area contributed by atoms with Gasteiger partial charge in [-0.2, -0.15) is 26.3 Å². The number of rotatable bonds is 2. The number of carbonyl (C=O) groups excluding carboxylic acids is 1. The molecule has 0 aliphatic heterocycles. The molecule has 0 saturated heterocycles. The molecule has 2 saturated carbocycles. The molecule has 1 amide bonds. The molecule has 2 unspecified atom stereocenters. The summed E-state index contributed by atoms with van der Waals surface area (Å²) in [7, 11) is 1.38. The molecule has 1 N–H and O–H groups in total. The van der Waals surface area contributed by atoms with Gasteiger partial charge in [-0.1, -0.05) is 0 Å². The number of aliphatic hydroxyl groups excluding tert-OH is 1. The van der Waals surface area contributed by atoms with Gasteiger partial charge in [-0.3, -0.25) is 4.79 Å². The van der Waals surface area contributed by atoms with Crippen LogP contribution in [0.15, 0.2) is 18.2 Å². The van der Waals surface area contributed by atoms with Gasteiger partial charge in [0, 0.05) is 13.1 Å². The van der Waals surface area contributed by atoms with Gasteiger partial charge in [0.15, 0.2) is 0 Å². The average molecular weight is 395 g/mol. The summed E-state index contributed by atoms with van der Waals surface area (Å²) in [5.74, 6) is -0.508. The van der Waals surface area contributed by atoms with E-state index < -0.39 is 35.0 Å². The van der Waals surface area contributed by atoms with E-state index in [2.05, 4.69) is 0 Å². The number of halogens is 6. The molecule has 0 radical (unpaired) electrons. The van der Waals surface area contributed by atoms with Gasteiger partial charge in [0.25, 0.3) is 5.91 Å². The van der Waals surface area contributed by atoms with E-state index in [1.54, 1.807) is 0 Å². The number of alkyl halides is 6. The summed E-state index contributed by atoms with van der Waals surface area (Å²) >= 11 is 0. The van der Waals surface area contributed by atoms with Gasteiger partial charge < -0.3 is 10.0 Å². The maximum Gasteiger partial charge on any atom is 0.417 e. The lowest BCUT2D eigenvalue weighted by Gasteiger charge is -2.27. The van der Waals surface area contributed by atoms with Crippen LogP contribution in [0.3, 0.4) is 0 Å². The minimum absolute atomic E-state index is 0.0131. The molecule has 150 valence electrons. The van der Waals surface area contributed by atoms with E-state index in [0.717, 1.165) is 0 Å². The molecular weight excluding hydrogens is 376 g/mol. The third kappa shape index (κ3) is 3.93. The fourth-order valence-corrected chi connectivity index (χ4v) is 4.37. The van der Waals surface area contributed by atoms with Crippen molar-refractivity contribution in [1.82, 2.24) is 4.90 Å². The molecule has 1 aromatic carbocycles. The molecule has 3 rings (SSSR count). The Balaban J connectivity index is 1.86. The first kappa shape index (κ1) is 20.0. The molecule has 9 heteroatoms. The molecule has 0 aromatic heterocycles. The third-order valence-corrected chi connectivity index (χ3v) is 5.72. The van der Waals surface area contributed by atoms with E-state index in [1.165, 1.54) is 11.9 Å². The van der Waals surface area contributed by atoms with Crippen LogP contribution in [0.5, 0.6) is 0 Å². The zero-order valence-corrected chi connectivity index (χ0v) is 14.4. The fraction of sp³-hybridized carbons (Fsp3) is 0.611. The second kappa shape index (κ2) is 6.68. The van der Waals surface area contributed by atoms with Crippen LogP contribution < -0.4 is 0 Å². The lowest BCUT2D eigenvalue weighted by Crippen LogP contribution is -2.37. The standard InChI is InChI=1S/C18H19F6NO2/c1-25(12-4-9-6-13(26)7-10(9)5-12)16(27)14-3-2-11(17(19,20)21)8-15(14)18(22,23)24/h2-3,8-10,12-13,26H,4-7H2,1H3/t9-,10+,12?,13?. The maximum absolute atomic E-state index is 13.3. The van der Waals surface area contributed by atoms with Gasteiger partial charge in [0.2, 0.25) is 0 Å². The van der Waals surface area contributed by atoms with E-state index in [0.29, 0.717) is 37.8 Å². The van der Waals surface area contributed by atoms with Crippen molar-refractivity contribution in [3.63, 3.8) is 0 Å². The first-order valence-electron chi connectivity index (χ1n) is 8.61. The number of hydrogen-bond donors (Lipinski definition) is 1. The molecule has 2 fully saturated rings. The Kier molecular flexibility index (Phi) is 4.95. The fourth-order valence-electron chi connectivity index (χ4n) is 4.37. The highest BCUT2D eigenvalue weighted by Crippen LogP contribution is 2.46. The predicted molar refractivity (Wildman–Crippen MR) is 83.8 cm³/mol. The number of carbonyl (C=O) groups is 1. The SMILES string of the molecule is CN(C(=O)c1ccc(C(F)(F)F)cc1C(F)(F)F)C1C[C@H]2CC(O)C[C@H]2C1. The normalized spacial score (nSPS) is 28.3. The van der Waals surface area contributed by atoms with Gasteiger partial charge >= 0.3 is 12.4 Å². The predicted octanol–water partition coefficient (Wildman–Crippen LogP) is 4.35. The highest BCUT2D eigenvalue weighted by Gasteiger charge is 2.45. The summed E-state index contributed by atoms with van der Waals surface area (Å²) in [5.41, 5.74) is -3.81. The minimum Gasteiger partial charge on any atom is -0.393 e. The number of benzene rings is 1. The zero-order chi connectivity index (χ0) is 20.1. The Morgan fingerprint density at radius 3 is 2.04 bits per heavy atom. The van der Waals surface area contributed by atoms with Crippen molar-refractivity contribution >= 4 is 5.91 Å². The smallest absolute Gasteiger partial charge is 0.393 e. The summed E-state index contributed by atoms with van der Waals surface area (Å²) in [4.78, 5) is 13.8. The zero-order valence-electron chi connectivity index (χ0n) is 14.4. The van der Waals surface area contributed by atoms with Gasteiger partial charge in [-0.15, -0.1) is 0 Å². The van der Waals surface area contributed by atoms with E-state index in [-0.39, 0.29) is 30.0 Å². The highest BCUT2D eigenvalue weighted by molar-refractivity contribution is 5.96. The van der Waals surface area contributed by atoms with E-state index in [9.17, 15) is 36.2 Å². The van der Waals surface area contributed by atoms with Crippen LogP contribution in [0.25, 0.3) is 0 Å². The molecule has 0 bridgehead atoms. The second-order valence-electron chi connectivity index (χ2n) is 7.44. The molecule has 3 nitrogen and oxygen atoms in total. The van der Waals surface area contributed by atoms with Crippen LogP contribution in [0, 0.1) is 11.8 Å². The van der Waals surface area contributed by atoms with Crippen LogP contribution in [0.1, 0.15) is 47.2 Å². The van der Waals surface area contributed by atoms with E-state index in [4.69, 9.17) is 0 Å². The van der Waals surface area contributed by atoms with Crippen molar-refractivity contribution in [3.05, 3.63) is 34.9 Å². The van der Waals surface area contributed by atoms with E-state index in [1.807, 2.05) is 0 Å². The number of amides is 1. The monoisotopic (exact) mass is 395 g/mol. The Hall–Kier alpha value is -1.77. The number of fused-ring (bicyclic) bond motifs is 1. The van der Waals surface area contributed by atoms with Gasteiger partial charge in [-0.05, 0) is 55.7 Å². The lowest BCUT2D eigenvalue weighted by molar-refractivity contribution is -0.143. The third-order valence-electron chi connectivity index (χ3n) is 5.72. The summed E-state index contributed by atoms with van der Waals surface area (Å²) < 4.78 is 78.2. The molecule has 0 heterocycles. The van der Waals surface area contributed by atoms with Crippen LogP contribution in [-0.2, 0) is 12.4 Å². The summed E-state index contributed by atoms with van der Waals surface area (Å²) in [5, 5.41) is 9.67. The second-order valence-corrected chi connectivity index (χ2v) is 7.44. The Morgan fingerprint density at radius 1 is 1.00 bits per heavy atom.